The molecule has 0 radical (unpaired) electrons. The van der Waals surface area contributed by atoms with Gasteiger partial charge in [0.1, 0.15) is 0 Å². The molecule has 68 valence electrons. The van der Waals surface area contributed by atoms with Crippen LogP contribution in [0.5, 0.6) is 0 Å². The second kappa shape index (κ2) is 6.04. The van der Waals surface area contributed by atoms with Crippen LogP contribution in [0.25, 0.3) is 0 Å². The molecule has 2 N–H and O–H groups in total. The molecule has 1 aromatic rings. The molecule has 0 heterocycles. The van der Waals surface area contributed by atoms with E-state index in [-0.39, 0.29) is 36.2 Å². The van der Waals surface area contributed by atoms with E-state index >= 15 is 0 Å². The Morgan fingerprint density at radius 3 is 2.23 bits per heavy atom. The van der Waals surface area contributed by atoms with Crippen molar-refractivity contribution >= 4 is 44.1 Å². The van der Waals surface area contributed by atoms with E-state index in [1.165, 1.54) is 0 Å². The van der Waals surface area contributed by atoms with Gasteiger partial charge in [-0.25, -0.2) is 0 Å². The zero-order chi connectivity index (χ0) is 9.03. The van der Waals surface area contributed by atoms with Gasteiger partial charge >= 0.3 is 102 Å². The molecule has 0 saturated heterocycles. The maximum absolute atomic E-state index is 10.3. The fourth-order valence-electron chi connectivity index (χ4n) is 0.733. The van der Waals surface area contributed by atoms with Crippen LogP contribution in [-0.4, -0.2) is 52.3 Å². The minimum atomic E-state index is -4.90. The number of rotatable bonds is 3. The molecule has 0 amide bonds. The van der Waals surface area contributed by atoms with Gasteiger partial charge in [-0.1, -0.05) is 0 Å². The van der Waals surface area contributed by atoms with Crippen LogP contribution in [0.15, 0.2) is 30.3 Å². The van der Waals surface area contributed by atoms with Crippen LogP contribution in [0.4, 0.5) is 0 Å². The second-order valence-electron chi connectivity index (χ2n) is 2.25. The van der Waals surface area contributed by atoms with Gasteiger partial charge in [0.15, 0.2) is 0 Å². The average Bonchev–Trinajstić information content (AvgIpc) is 2.02. The first-order chi connectivity index (χ1) is 5.58. The van der Waals surface area contributed by atoms with E-state index in [9.17, 15) is 3.74 Å². The Labute approximate surface area is 102 Å². The van der Waals surface area contributed by atoms with Crippen LogP contribution >= 0.6 is 0 Å². The summed E-state index contributed by atoms with van der Waals surface area (Å²) in [5, 5.41) is 0. The first-order valence-corrected chi connectivity index (χ1v) is 6.53. The zero-order valence-corrected chi connectivity index (χ0v) is 8.13. The van der Waals surface area contributed by atoms with Crippen molar-refractivity contribution in [1.29, 1.82) is 0 Å². The van der Waals surface area contributed by atoms with E-state index in [1.54, 1.807) is 24.3 Å². The third kappa shape index (κ3) is 6.52. The normalized spacial score (nSPS) is 10.6. The Morgan fingerprint density at radius 2 is 1.77 bits per heavy atom. The molecule has 0 aliphatic heterocycles. The number of hydrogen-bond acceptors (Lipinski definition) is 2. The van der Waals surface area contributed by atoms with Gasteiger partial charge in [0.2, 0.25) is 0 Å². The number of hydrogen-bond donors (Lipinski definition) is 2. The fraction of sp³-hybridized carbons (Fsp3) is 0.143. The van der Waals surface area contributed by atoms with Gasteiger partial charge in [0, 0.05) is 0 Å². The van der Waals surface area contributed by atoms with Crippen molar-refractivity contribution in [2.75, 3.05) is 0 Å². The molecule has 1 rings (SSSR count). The molecule has 0 fully saturated rings. The quantitative estimate of drug-likeness (QED) is 0.709. The summed E-state index contributed by atoms with van der Waals surface area (Å²) < 4.78 is 31.5. The summed E-state index contributed by atoms with van der Waals surface area (Å²) >= 11 is -4.90. The minimum absolute atomic E-state index is 0. The van der Waals surface area contributed by atoms with Crippen molar-refractivity contribution < 1.29 is 15.7 Å². The third-order valence-corrected chi connectivity index (χ3v) is 2.22. The Kier molecular flexibility index (Phi) is 6.25. The third-order valence-electron chi connectivity index (χ3n) is 1.24. The van der Waals surface area contributed by atoms with Crippen LogP contribution in [0, 0.1) is 0 Å². The van der Waals surface area contributed by atoms with Crippen molar-refractivity contribution in [3.63, 3.8) is 0 Å². The summed E-state index contributed by atoms with van der Waals surface area (Å²) in [4.78, 5) is 0. The van der Waals surface area contributed by atoms with E-state index in [0.717, 1.165) is 5.56 Å². The van der Waals surface area contributed by atoms with Crippen LogP contribution in [0.3, 0.4) is 0 Å². The predicted octanol–water partition coefficient (Wildman–Crippen LogP) is -0.595. The molecule has 4 nitrogen and oxygen atoms in total. The zero-order valence-electron chi connectivity index (χ0n) is 6.25. The van der Waals surface area contributed by atoms with Crippen molar-refractivity contribution in [3.8, 4) is 0 Å². The molecule has 0 spiro atoms. The van der Waals surface area contributed by atoms with Crippen molar-refractivity contribution in [3.05, 3.63) is 35.9 Å². The van der Waals surface area contributed by atoms with Crippen LogP contribution in [0.1, 0.15) is 5.56 Å². The molecule has 0 atom stereocenters. The summed E-state index contributed by atoms with van der Waals surface area (Å²) in [6, 6.07) is 8.87. The van der Waals surface area contributed by atoms with Gasteiger partial charge in [0.05, 0.1) is 0 Å². The van der Waals surface area contributed by atoms with E-state index in [2.05, 4.69) is 3.73 Å². The molecule has 0 aromatic heterocycles. The standard InChI is InChI=1S/C7H9AsO4.Na.H/c9-8(10,11)12-6-7-4-2-1-3-5-7;;/h1-5H,6H2,(H2,9,10,11);;. The first-order valence-electron chi connectivity index (χ1n) is 3.32. The first kappa shape index (κ1) is 13.5. The van der Waals surface area contributed by atoms with Crippen molar-refractivity contribution in [2.45, 2.75) is 6.61 Å². The molecule has 6 heteroatoms. The molecule has 0 saturated carbocycles. The fourth-order valence-corrected chi connectivity index (χ4v) is 1.40. The summed E-state index contributed by atoms with van der Waals surface area (Å²) in [6.07, 6.45) is 0. The Bertz CT molecular complexity index is 284. The second-order valence-corrected chi connectivity index (χ2v) is 4.85. The molecule has 0 aliphatic rings. The van der Waals surface area contributed by atoms with Crippen LogP contribution in [-0.2, 0) is 14.1 Å². The Hall–Kier alpha value is 0.458. The van der Waals surface area contributed by atoms with E-state index in [1.807, 2.05) is 6.07 Å². The summed E-state index contributed by atoms with van der Waals surface area (Å²) in [5.41, 5.74) is 0.752. The van der Waals surface area contributed by atoms with Gasteiger partial charge in [-0.2, -0.15) is 0 Å². The number of benzene rings is 1. The summed E-state index contributed by atoms with van der Waals surface area (Å²) in [5.74, 6) is 0. The predicted molar refractivity (Wildman–Crippen MR) is 49.3 cm³/mol. The summed E-state index contributed by atoms with van der Waals surface area (Å²) in [6.45, 7) is -0.0374. The topological polar surface area (TPSA) is 66.8 Å². The van der Waals surface area contributed by atoms with Gasteiger partial charge in [-0.15, -0.1) is 0 Å². The molecule has 0 aliphatic carbocycles. The summed E-state index contributed by atoms with van der Waals surface area (Å²) in [7, 11) is 0. The van der Waals surface area contributed by atoms with E-state index < -0.39 is 14.5 Å². The molecular formula is C7H10AsNaO4. The van der Waals surface area contributed by atoms with Gasteiger partial charge in [-0.05, 0) is 0 Å². The molecular weight excluding hydrogens is 246 g/mol. The van der Waals surface area contributed by atoms with Gasteiger partial charge in [-0.3, -0.25) is 0 Å². The average molecular weight is 256 g/mol. The molecule has 0 unspecified atom stereocenters. The van der Waals surface area contributed by atoms with Crippen molar-refractivity contribution in [2.24, 2.45) is 0 Å². The SMILES string of the molecule is O=[As](O)(O)OCc1ccccc1.[NaH]. The molecule has 13 heavy (non-hydrogen) atoms. The maximum atomic E-state index is 10.3. The van der Waals surface area contributed by atoms with Crippen LogP contribution < -0.4 is 0 Å². The molecule has 0 bridgehead atoms. The molecule has 1 aromatic carbocycles. The van der Waals surface area contributed by atoms with Gasteiger partial charge in [0.25, 0.3) is 0 Å². The van der Waals surface area contributed by atoms with Crippen molar-refractivity contribution in [1.82, 2.24) is 0 Å². The Morgan fingerprint density at radius 1 is 1.23 bits per heavy atom. The Balaban J connectivity index is 0.00000144. The van der Waals surface area contributed by atoms with Crippen LogP contribution in [0.2, 0.25) is 0 Å². The van der Waals surface area contributed by atoms with Gasteiger partial charge < -0.3 is 0 Å². The van der Waals surface area contributed by atoms with E-state index in [4.69, 9.17) is 8.19 Å². The monoisotopic (exact) mass is 256 g/mol. The van der Waals surface area contributed by atoms with E-state index in [0.29, 0.717) is 0 Å².